The van der Waals surface area contributed by atoms with E-state index in [1.807, 2.05) is 30.3 Å². The van der Waals surface area contributed by atoms with Crippen LogP contribution in [0.3, 0.4) is 0 Å². The van der Waals surface area contributed by atoms with Crippen LogP contribution in [0, 0.1) is 0 Å². The maximum absolute atomic E-state index is 12.4. The summed E-state index contributed by atoms with van der Waals surface area (Å²) in [6.45, 7) is 2.18. The van der Waals surface area contributed by atoms with E-state index in [0.717, 1.165) is 29.7 Å². The number of phenols is 1. The first-order chi connectivity index (χ1) is 14.7. The van der Waals surface area contributed by atoms with Crippen LogP contribution in [-0.2, 0) is 11.2 Å². The first-order valence-electron chi connectivity index (χ1n) is 10.6. The Morgan fingerprint density at radius 3 is 2.43 bits per heavy atom. The van der Waals surface area contributed by atoms with E-state index in [2.05, 4.69) is 17.2 Å². The van der Waals surface area contributed by atoms with Crippen molar-refractivity contribution in [2.45, 2.75) is 51.9 Å². The molecule has 0 radical (unpaired) electrons. The number of carbonyl (C=O) groups is 1. The number of hydrogen-bond acceptors (Lipinski definition) is 4. The van der Waals surface area contributed by atoms with Crippen LogP contribution >= 0.6 is 0 Å². The van der Waals surface area contributed by atoms with Gasteiger partial charge in [-0.3, -0.25) is 4.79 Å². The third-order valence-corrected chi connectivity index (χ3v) is 4.99. The van der Waals surface area contributed by atoms with Gasteiger partial charge in [-0.05, 0) is 36.2 Å². The number of aromatic nitrogens is 2. The third kappa shape index (κ3) is 6.41. The molecule has 1 aromatic heterocycles. The fourth-order valence-electron chi connectivity index (χ4n) is 3.30. The second-order valence-corrected chi connectivity index (χ2v) is 7.47. The molecular formula is C25H29N3O2. The van der Waals surface area contributed by atoms with Crippen LogP contribution in [0.25, 0.3) is 11.3 Å². The number of hydrogen-bond donors (Lipinski definition) is 2. The van der Waals surface area contributed by atoms with E-state index >= 15 is 0 Å². The lowest BCUT2D eigenvalue weighted by molar-refractivity contribution is -0.116. The average molecular weight is 404 g/mol. The van der Waals surface area contributed by atoms with E-state index in [0.29, 0.717) is 24.4 Å². The van der Waals surface area contributed by atoms with Crippen LogP contribution < -0.4 is 5.32 Å². The van der Waals surface area contributed by atoms with Crippen LogP contribution in [0.1, 0.15) is 56.7 Å². The Bertz CT molecular complexity index is 940. The molecule has 0 saturated carbocycles. The Labute approximate surface area is 178 Å². The average Bonchev–Trinajstić information content (AvgIpc) is 2.76. The molecule has 0 fully saturated rings. The van der Waals surface area contributed by atoms with Crippen molar-refractivity contribution in [1.29, 1.82) is 0 Å². The molecule has 5 heteroatoms. The van der Waals surface area contributed by atoms with Gasteiger partial charge in [0.1, 0.15) is 5.75 Å². The van der Waals surface area contributed by atoms with Gasteiger partial charge >= 0.3 is 0 Å². The fraction of sp³-hybridized carbons (Fsp3) is 0.320. The highest BCUT2D eigenvalue weighted by Crippen LogP contribution is 2.23. The van der Waals surface area contributed by atoms with E-state index in [1.54, 1.807) is 30.5 Å². The molecule has 3 rings (SSSR count). The Balaban J connectivity index is 1.77. The van der Waals surface area contributed by atoms with E-state index in [4.69, 9.17) is 4.98 Å². The van der Waals surface area contributed by atoms with Gasteiger partial charge in [0.2, 0.25) is 5.91 Å². The number of carbonyl (C=O) groups excluding carboxylic acids is 1. The normalized spacial score (nSPS) is 10.7. The second-order valence-electron chi connectivity index (χ2n) is 7.47. The number of amides is 1. The van der Waals surface area contributed by atoms with Crippen molar-refractivity contribution in [2.75, 3.05) is 5.32 Å². The van der Waals surface area contributed by atoms with Gasteiger partial charge in [-0.25, -0.2) is 9.97 Å². The Morgan fingerprint density at radius 2 is 1.70 bits per heavy atom. The molecule has 1 heterocycles. The largest absolute Gasteiger partial charge is 0.508 e. The molecule has 0 unspecified atom stereocenters. The number of benzene rings is 2. The Kier molecular flexibility index (Phi) is 7.95. The predicted molar refractivity (Wildman–Crippen MR) is 120 cm³/mol. The van der Waals surface area contributed by atoms with Gasteiger partial charge in [0.05, 0.1) is 17.6 Å². The lowest BCUT2D eigenvalue weighted by Gasteiger charge is -2.12. The van der Waals surface area contributed by atoms with Crippen LogP contribution in [-0.4, -0.2) is 21.0 Å². The number of nitrogens with one attached hydrogen (secondary N) is 1. The fourth-order valence-corrected chi connectivity index (χ4v) is 3.30. The molecule has 0 atom stereocenters. The van der Waals surface area contributed by atoms with Gasteiger partial charge in [0, 0.05) is 18.4 Å². The summed E-state index contributed by atoms with van der Waals surface area (Å²) < 4.78 is 0. The zero-order chi connectivity index (χ0) is 21.2. The monoisotopic (exact) mass is 403 g/mol. The van der Waals surface area contributed by atoms with Gasteiger partial charge < -0.3 is 10.4 Å². The first kappa shape index (κ1) is 21.5. The van der Waals surface area contributed by atoms with Gasteiger partial charge in [-0.15, -0.1) is 0 Å². The van der Waals surface area contributed by atoms with Crippen molar-refractivity contribution < 1.29 is 9.90 Å². The molecule has 0 bridgehead atoms. The quantitative estimate of drug-likeness (QED) is 0.423. The smallest absolute Gasteiger partial charge is 0.225 e. The highest BCUT2D eigenvalue weighted by atomic mass is 16.3. The van der Waals surface area contributed by atoms with E-state index in [1.165, 1.54) is 19.3 Å². The number of unbranched alkanes of at least 4 members (excludes halogenated alkanes) is 4. The number of phenolic OH excluding ortho intramolecular Hbond substituents is 1. The van der Waals surface area contributed by atoms with Crippen LogP contribution in [0.5, 0.6) is 5.75 Å². The topological polar surface area (TPSA) is 75.1 Å². The summed E-state index contributed by atoms with van der Waals surface area (Å²) in [5.41, 5.74) is 3.40. The zero-order valence-electron chi connectivity index (χ0n) is 17.5. The van der Waals surface area contributed by atoms with Crippen LogP contribution in [0.15, 0.2) is 60.8 Å². The van der Waals surface area contributed by atoms with E-state index in [9.17, 15) is 9.90 Å². The highest BCUT2D eigenvalue weighted by molar-refractivity contribution is 5.90. The second kappa shape index (κ2) is 11.1. The number of nitrogens with zero attached hydrogens (tertiary/aromatic N) is 2. The van der Waals surface area contributed by atoms with E-state index in [-0.39, 0.29) is 11.7 Å². The van der Waals surface area contributed by atoms with Crippen LogP contribution in [0.4, 0.5) is 5.82 Å². The zero-order valence-corrected chi connectivity index (χ0v) is 17.5. The van der Waals surface area contributed by atoms with Gasteiger partial charge in [-0.1, -0.05) is 62.9 Å². The SMILES string of the molecule is CCCCCCCC(=O)Nc1ncc(-c2ccc(O)cc2)nc1Cc1ccccc1. The van der Waals surface area contributed by atoms with E-state index < -0.39 is 0 Å². The van der Waals surface area contributed by atoms with Crippen LogP contribution in [0.2, 0.25) is 0 Å². The minimum Gasteiger partial charge on any atom is -0.508 e. The summed E-state index contributed by atoms with van der Waals surface area (Å²) in [4.78, 5) is 21.7. The number of rotatable bonds is 10. The van der Waals surface area contributed by atoms with Gasteiger partial charge in [0.15, 0.2) is 5.82 Å². The predicted octanol–water partition coefficient (Wildman–Crippen LogP) is 5.74. The maximum atomic E-state index is 12.4. The molecule has 2 N–H and O–H groups in total. The molecule has 0 aliphatic heterocycles. The third-order valence-electron chi connectivity index (χ3n) is 4.99. The number of aromatic hydroxyl groups is 1. The molecule has 156 valence electrons. The van der Waals surface area contributed by atoms with Crippen molar-refractivity contribution in [3.8, 4) is 17.0 Å². The molecule has 0 aliphatic carbocycles. The molecule has 0 aliphatic rings. The molecule has 3 aromatic rings. The summed E-state index contributed by atoms with van der Waals surface area (Å²) in [6, 6.07) is 16.9. The summed E-state index contributed by atoms with van der Waals surface area (Å²) in [7, 11) is 0. The molecule has 1 amide bonds. The summed E-state index contributed by atoms with van der Waals surface area (Å²) in [5, 5.41) is 12.5. The van der Waals surface area contributed by atoms with Crippen molar-refractivity contribution in [3.63, 3.8) is 0 Å². The Morgan fingerprint density at radius 1 is 0.967 bits per heavy atom. The van der Waals surface area contributed by atoms with Crippen molar-refractivity contribution >= 4 is 11.7 Å². The van der Waals surface area contributed by atoms with Crippen molar-refractivity contribution in [1.82, 2.24) is 9.97 Å². The number of anilines is 1. The van der Waals surface area contributed by atoms with Gasteiger partial charge in [-0.2, -0.15) is 0 Å². The lowest BCUT2D eigenvalue weighted by Crippen LogP contribution is -2.15. The molecule has 0 saturated heterocycles. The van der Waals surface area contributed by atoms with Crippen molar-refractivity contribution in [3.05, 3.63) is 72.1 Å². The summed E-state index contributed by atoms with van der Waals surface area (Å²) in [6.07, 6.45) is 8.27. The maximum Gasteiger partial charge on any atom is 0.225 e. The minimum absolute atomic E-state index is 0.0208. The standard InChI is InChI=1S/C25H29N3O2/c1-2-3-4-5-9-12-24(30)28-25-22(17-19-10-7-6-8-11-19)27-23(18-26-25)20-13-15-21(29)16-14-20/h6-8,10-11,13-16,18,29H,2-5,9,12,17H2,1H3,(H,26,28,30). The summed E-state index contributed by atoms with van der Waals surface area (Å²) in [5.74, 6) is 0.700. The minimum atomic E-state index is -0.0208. The lowest BCUT2D eigenvalue weighted by atomic mass is 10.1. The Hall–Kier alpha value is -3.21. The van der Waals surface area contributed by atoms with Crippen molar-refractivity contribution in [2.24, 2.45) is 0 Å². The molecule has 30 heavy (non-hydrogen) atoms. The first-order valence-corrected chi connectivity index (χ1v) is 10.6. The molecular weight excluding hydrogens is 374 g/mol. The summed E-state index contributed by atoms with van der Waals surface area (Å²) >= 11 is 0. The molecule has 2 aromatic carbocycles. The highest BCUT2D eigenvalue weighted by Gasteiger charge is 2.13. The molecule has 0 spiro atoms. The van der Waals surface area contributed by atoms with Gasteiger partial charge in [0.25, 0.3) is 0 Å². The molecule has 5 nitrogen and oxygen atoms in total.